The summed E-state index contributed by atoms with van der Waals surface area (Å²) in [6.45, 7) is 4.00. The molecule has 0 fully saturated rings. The Labute approximate surface area is 103 Å². The van der Waals surface area contributed by atoms with Crippen molar-refractivity contribution in [1.29, 1.82) is 0 Å². The van der Waals surface area contributed by atoms with Crippen molar-refractivity contribution in [3.63, 3.8) is 0 Å². The van der Waals surface area contributed by atoms with E-state index in [0.717, 1.165) is 22.2 Å². The summed E-state index contributed by atoms with van der Waals surface area (Å²) in [5.74, 6) is -0.379. The lowest BCUT2D eigenvalue weighted by molar-refractivity contribution is 0.0518. The monoisotopic (exact) mass is 243 g/mol. The zero-order valence-electron chi connectivity index (χ0n) is 10.2. The van der Waals surface area contributed by atoms with Crippen molar-refractivity contribution < 1.29 is 9.53 Å². The first-order chi connectivity index (χ1) is 8.72. The van der Waals surface area contributed by atoms with Gasteiger partial charge in [0.05, 0.1) is 17.6 Å². The van der Waals surface area contributed by atoms with E-state index in [4.69, 9.17) is 4.74 Å². The molecule has 0 amide bonds. The van der Waals surface area contributed by atoms with E-state index < -0.39 is 0 Å². The highest BCUT2D eigenvalue weighted by molar-refractivity contribution is 5.92. The first kappa shape index (κ1) is 10.8. The van der Waals surface area contributed by atoms with Crippen LogP contribution < -0.4 is 0 Å². The Bertz CT molecular complexity index is 739. The molecule has 0 radical (unpaired) electrons. The molecule has 0 bridgehead atoms. The minimum atomic E-state index is -0.379. The van der Waals surface area contributed by atoms with Gasteiger partial charge < -0.3 is 9.72 Å². The molecule has 0 spiro atoms. The van der Waals surface area contributed by atoms with Crippen molar-refractivity contribution >= 4 is 22.6 Å². The standard InChI is InChI=1S/C13H13N3O2/c1-3-18-13(17)11-8(2)12-14-9-6-4-5-7-10(9)16(12)15-11/h4-7,14H,3H2,1-2H3. The Morgan fingerprint density at radius 2 is 2.22 bits per heavy atom. The summed E-state index contributed by atoms with van der Waals surface area (Å²) in [5, 5.41) is 4.33. The number of nitrogens with zero attached hydrogens (tertiary/aromatic N) is 2. The van der Waals surface area contributed by atoms with Gasteiger partial charge in [0.15, 0.2) is 5.69 Å². The van der Waals surface area contributed by atoms with Crippen LogP contribution in [0.3, 0.4) is 0 Å². The predicted octanol–water partition coefficient (Wildman–Crippen LogP) is 2.30. The van der Waals surface area contributed by atoms with E-state index >= 15 is 0 Å². The number of carbonyl (C=O) groups excluding carboxylic acids is 1. The summed E-state index contributed by atoms with van der Waals surface area (Å²) in [4.78, 5) is 15.0. The Morgan fingerprint density at radius 3 is 3.00 bits per heavy atom. The third-order valence-electron chi connectivity index (χ3n) is 2.98. The lowest BCUT2D eigenvalue weighted by atomic mass is 10.3. The maximum Gasteiger partial charge on any atom is 0.359 e. The number of nitrogens with one attached hydrogen (secondary N) is 1. The zero-order chi connectivity index (χ0) is 12.7. The Morgan fingerprint density at radius 1 is 1.44 bits per heavy atom. The van der Waals surface area contributed by atoms with Gasteiger partial charge in [-0.2, -0.15) is 5.10 Å². The summed E-state index contributed by atoms with van der Waals surface area (Å²) in [7, 11) is 0. The summed E-state index contributed by atoms with van der Waals surface area (Å²) < 4.78 is 6.74. The van der Waals surface area contributed by atoms with Crippen molar-refractivity contribution in [3.05, 3.63) is 35.5 Å². The molecule has 1 N–H and O–H groups in total. The highest BCUT2D eigenvalue weighted by Gasteiger charge is 2.19. The van der Waals surface area contributed by atoms with Crippen molar-refractivity contribution in [2.45, 2.75) is 13.8 Å². The van der Waals surface area contributed by atoms with Crippen LogP contribution in [0.25, 0.3) is 16.7 Å². The molecule has 3 aromatic rings. The van der Waals surface area contributed by atoms with Gasteiger partial charge >= 0.3 is 5.97 Å². The lowest BCUT2D eigenvalue weighted by Crippen LogP contribution is -2.07. The number of aromatic amines is 1. The van der Waals surface area contributed by atoms with E-state index in [9.17, 15) is 4.79 Å². The Kier molecular flexibility index (Phi) is 2.33. The van der Waals surface area contributed by atoms with E-state index in [1.807, 2.05) is 31.2 Å². The normalized spacial score (nSPS) is 11.2. The maximum absolute atomic E-state index is 11.8. The molecule has 0 aliphatic rings. The van der Waals surface area contributed by atoms with Crippen molar-refractivity contribution in [3.8, 4) is 0 Å². The number of imidazole rings is 1. The number of aromatic nitrogens is 3. The van der Waals surface area contributed by atoms with Gasteiger partial charge in [-0.25, -0.2) is 9.31 Å². The summed E-state index contributed by atoms with van der Waals surface area (Å²) in [6, 6.07) is 7.84. The molecule has 1 aromatic carbocycles. The molecule has 0 aliphatic carbocycles. The number of esters is 1. The molecular weight excluding hydrogens is 230 g/mol. The number of fused-ring (bicyclic) bond motifs is 3. The average Bonchev–Trinajstić information content (AvgIpc) is 2.88. The molecule has 0 unspecified atom stereocenters. The average molecular weight is 243 g/mol. The van der Waals surface area contributed by atoms with E-state index in [0.29, 0.717) is 12.3 Å². The number of para-hydroxylation sites is 2. The van der Waals surface area contributed by atoms with Crippen LogP contribution in [-0.2, 0) is 4.74 Å². The molecular formula is C13H13N3O2. The second-order valence-electron chi connectivity index (χ2n) is 4.10. The van der Waals surface area contributed by atoms with E-state index in [-0.39, 0.29) is 5.97 Å². The molecule has 0 saturated heterocycles. The SMILES string of the molecule is CCOC(=O)c1nn2c([nH]c3ccccc32)c1C. The summed E-state index contributed by atoms with van der Waals surface area (Å²) in [5.41, 5.74) is 3.96. The van der Waals surface area contributed by atoms with E-state index in [2.05, 4.69) is 10.1 Å². The van der Waals surface area contributed by atoms with Gasteiger partial charge in [0.1, 0.15) is 5.65 Å². The van der Waals surface area contributed by atoms with Crippen LogP contribution in [0.15, 0.2) is 24.3 Å². The second kappa shape index (κ2) is 3.87. The minimum absolute atomic E-state index is 0.352. The number of carbonyl (C=O) groups is 1. The van der Waals surface area contributed by atoms with Gasteiger partial charge in [-0.05, 0) is 26.0 Å². The number of hydrogen-bond acceptors (Lipinski definition) is 3. The second-order valence-corrected chi connectivity index (χ2v) is 4.10. The topological polar surface area (TPSA) is 59.4 Å². The number of benzene rings is 1. The fourth-order valence-electron chi connectivity index (χ4n) is 2.10. The van der Waals surface area contributed by atoms with Crippen molar-refractivity contribution in [1.82, 2.24) is 14.6 Å². The highest BCUT2D eigenvalue weighted by atomic mass is 16.5. The van der Waals surface area contributed by atoms with Crippen LogP contribution in [0.5, 0.6) is 0 Å². The lowest BCUT2D eigenvalue weighted by Gasteiger charge is -1.98. The Hall–Kier alpha value is -2.30. The van der Waals surface area contributed by atoms with Gasteiger partial charge in [-0.15, -0.1) is 0 Å². The number of hydrogen-bond donors (Lipinski definition) is 1. The van der Waals surface area contributed by atoms with E-state index in [1.165, 1.54) is 0 Å². The first-order valence-electron chi connectivity index (χ1n) is 5.85. The quantitative estimate of drug-likeness (QED) is 0.702. The number of H-pyrrole nitrogens is 1. The highest BCUT2D eigenvalue weighted by Crippen LogP contribution is 2.21. The van der Waals surface area contributed by atoms with Gasteiger partial charge in [-0.1, -0.05) is 12.1 Å². The van der Waals surface area contributed by atoms with Gasteiger partial charge in [0.25, 0.3) is 0 Å². The van der Waals surface area contributed by atoms with Crippen LogP contribution in [0.4, 0.5) is 0 Å². The molecule has 0 aliphatic heterocycles. The van der Waals surface area contributed by atoms with Crippen molar-refractivity contribution in [2.75, 3.05) is 6.61 Å². The minimum Gasteiger partial charge on any atom is -0.461 e. The van der Waals surface area contributed by atoms with Crippen LogP contribution in [0, 0.1) is 6.92 Å². The molecule has 2 aromatic heterocycles. The van der Waals surface area contributed by atoms with Gasteiger partial charge in [0.2, 0.25) is 0 Å². The van der Waals surface area contributed by atoms with E-state index in [1.54, 1.807) is 11.4 Å². The molecule has 2 heterocycles. The van der Waals surface area contributed by atoms with Crippen LogP contribution >= 0.6 is 0 Å². The zero-order valence-corrected chi connectivity index (χ0v) is 10.2. The first-order valence-corrected chi connectivity index (χ1v) is 5.85. The van der Waals surface area contributed by atoms with Gasteiger partial charge in [0, 0.05) is 5.56 Å². The fourth-order valence-corrected chi connectivity index (χ4v) is 2.10. The third kappa shape index (κ3) is 1.40. The van der Waals surface area contributed by atoms with Crippen LogP contribution in [0.1, 0.15) is 23.0 Å². The molecule has 92 valence electrons. The summed E-state index contributed by atoms with van der Waals surface area (Å²) >= 11 is 0. The largest absolute Gasteiger partial charge is 0.461 e. The Balaban J connectivity index is 2.25. The van der Waals surface area contributed by atoms with Crippen molar-refractivity contribution in [2.24, 2.45) is 0 Å². The molecule has 18 heavy (non-hydrogen) atoms. The molecule has 0 saturated carbocycles. The smallest absolute Gasteiger partial charge is 0.359 e. The molecule has 5 heteroatoms. The molecule has 5 nitrogen and oxygen atoms in total. The molecule has 0 atom stereocenters. The third-order valence-corrected chi connectivity index (χ3v) is 2.98. The van der Waals surface area contributed by atoms with Crippen LogP contribution in [-0.4, -0.2) is 27.2 Å². The number of aryl methyl sites for hydroxylation is 1. The summed E-state index contributed by atoms with van der Waals surface area (Å²) in [6.07, 6.45) is 0. The van der Waals surface area contributed by atoms with Gasteiger partial charge in [-0.3, -0.25) is 0 Å². The number of rotatable bonds is 2. The van der Waals surface area contributed by atoms with Crippen LogP contribution in [0.2, 0.25) is 0 Å². The fraction of sp³-hybridized carbons (Fsp3) is 0.231. The number of ether oxygens (including phenoxy) is 1. The maximum atomic E-state index is 11.8. The molecule has 3 rings (SSSR count). The predicted molar refractivity (Wildman–Crippen MR) is 67.7 cm³/mol.